The predicted octanol–water partition coefficient (Wildman–Crippen LogP) is 1.06. The van der Waals surface area contributed by atoms with Crippen LogP contribution in [0.25, 0.3) is 0 Å². The van der Waals surface area contributed by atoms with Crippen LogP contribution in [0, 0.1) is 5.41 Å². The van der Waals surface area contributed by atoms with Crippen molar-refractivity contribution in [3.8, 4) is 0 Å². The van der Waals surface area contributed by atoms with Gasteiger partial charge in [-0.2, -0.15) is 0 Å². The first-order valence-electron chi connectivity index (χ1n) is 7.50. The molecule has 1 atom stereocenters. The number of ether oxygens (including phenoxy) is 1. The Hall–Kier alpha value is -1.11. The van der Waals surface area contributed by atoms with E-state index in [1.165, 1.54) is 0 Å². The highest BCUT2D eigenvalue weighted by Crippen LogP contribution is 2.21. The highest BCUT2D eigenvalue weighted by Gasteiger charge is 2.27. The van der Waals surface area contributed by atoms with Crippen LogP contribution in [0.15, 0.2) is 18.3 Å². The molecule has 2 rings (SSSR count). The number of nitrogens with zero attached hydrogens (tertiary/aromatic N) is 2. The quantitative estimate of drug-likeness (QED) is 0.841. The van der Waals surface area contributed by atoms with Gasteiger partial charge in [-0.05, 0) is 18.4 Å². The Labute approximate surface area is 127 Å². The van der Waals surface area contributed by atoms with Gasteiger partial charge in [0.2, 0.25) is 0 Å². The molecular weight excluding hydrogens is 267 g/mol. The number of anilines is 1. The van der Waals surface area contributed by atoms with Crippen molar-refractivity contribution in [1.29, 1.82) is 0 Å². The summed E-state index contributed by atoms with van der Waals surface area (Å²) in [5.41, 5.74) is 0.672. The molecule has 0 radical (unpaired) electrons. The number of aromatic nitrogens is 1. The molecule has 1 fully saturated rings. The fraction of sp³-hybridized carbons (Fsp3) is 0.667. The van der Waals surface area contributed by atoms with Crippen LogP contribution < -0.4 is 10.4 Å². The highest BCUT2D eigenvalue weighted by atomic mass is 16.5. The molecule has 1 saturated heterocycles. The first-order chi connectivity index (χ1) is 9.88. The standard InChI is InChI=1S/C15H25BN2O3/c1-12(15(2,3)4)21-16(19)13-5-6-14(17-11-13)18-7-9-20-10-8-18/h5-6,11-12,19H,7-10H2,1-4H3. The van der Waals surface area contributed by atoms with Gasteiger partial charge in [0.05, 0.1) is 13.2 Å². The maximum absolute atomic E-state index is 10.2. The fourth-order valence-corrected chi connectivity index (χ4v) is 2.00. The molecule has 0 saturated carbocycles. The first-order valence-corrected chi connectivity index (χ1v) is 7.50. The summed E-state index contributed by atoms with van der Waals surface area (Å²) in [5.74, 6) is 0.915. The second kappa shape index (κ2) is 6.77. The van der Waals surface area contributed by atoms with E-state index in [9.17, 15) is 5.02 Å². The molecule has 5 nitrogen and oxygen atoms in total. The van der Waals surface area contributed by atoms with Gasteiger partial charge < -0.3 is 19.3 Å². The highest BCUT2D eigenvalue weighted by molar-refractivity contribution is 6.59. The van der Waals surface area contributed by atoms with Gasteiger partial charge in [-0.15, -0.1) is 0 Å². The maximum Gasteiger partial charge on any atom is 0.492 e. The van der Waals surface area contributed by atoms with Crippen LogP contribution >= 0.6 is 0 Å². The number of rotatable bonds is 4. The lowest BCUT2D eigenvalue weighted by molar-refractivity contribution is 0.0859. The van der Waals surface area contributed by atoms with E-state index < -0.39 is 7.12 Å². The van der Waals surface area contributed by atoms with Gasteiger partial charge in [0, 0.05) is 30.9 Å². The maximum atomic E-state index is 10.2. The zero-order chi connectivity index (χ0) is 15.5. The lowest BCUT2D eigenvalue weighted by Crippen LogP contribution is -2.41. The van der Waals surface area contributed by atoms with Gasteiger partial charge in [-0.1, -0.05) is 26.8 Å². The van der Waals surface area contributed by atoms with Crippen LogP contribution in [-0.4, -0.2) is 49.5 Å². The topological polar surface area (TPSA) is 54.8 Å². The van der Waals surface area contributed by atoms with Gasteiger partial charge in [-0.25, -0.2) is 4.98 Å². The molecule has 1 unspecified atom stereocenters. The molecule has 1 aliphatic rings. The van der Waals surface area contributed by atoms with Crippen molar-refractivity contribution in [3.63, 3.8) is 0 Å². The van der Waals surface area contributed by atoms with Crippen molar-refractivity contribution in [1.82, 2.24) is 4.98 Å². The third-order valence-electron chi connectivity index (χ3n) is 3.94. The van der Waals surface area contributed by atoms with E-state index in [1.807, 2.05) is 19.1 Å². The SMILES string of the molecule is CC(OB(O)c1ccc(N2CCOCC2)nc1)C(C)(C)C. The van der Waals surface area contributed by atoms with Crippen LogP contribution in [0.3, 0.4) is 0 Å². The third kappa shape index (κ3) is 4.43. The van der Waals surface area contributed by atoms with Crippen LogP contribution in [0.4, 0.5) is 5.82 Å². The van der Waals surface area contributed by atoms with Crippen molar-refractivity contribution < 1.29 is 14.4 Å². The minimum atomic E-state index is -0.939. The number of hydrogen-bond donors (Lipinski definition) is 1. The summed E-state index contributed by atoms with van der Waals surface area (Å²) < 4.78 is 11.0. The van der Waals surface area contributed by atoms with E-state index >= 15 is 0 Å². The lowest BCUT2D eigenvalue weighted by Gasteiger charge is -2.29. The number of hydrogen-bond acceptors (Lipinski definition) is 5. The molecule has 21 heavy (non-hydrogen) atoms. The molecule has 0 bridgehead atoms. The molecular formula is C15H25BN2O3. The van der Waals surface area contributed by atoms with Crippen LogP contribution in [0.2, 0.25) is 0 Å². The van der Waals surface area contributed by atoms with Gasteiger partial charge in [-0.3, -0.25) is 0 Å². The molecule has 1 aromatic heterocycles. The van der Waals surface area contributed by atoms with Crippen LogP contribution in [0.1, 0.15) is 27.7 Å². The van der Waals surface area contributed by atoms with Gasteiger partial charge >= 0.3 is 7.12 Å². The molecule has 0 spiro atoms. The van der Waals surface area contributed by atoms with Crippen LogP contribution in [-0.2, 0) is 9.39 Å². The zero-order valence-electron chi connectivity index (χ0n) is 13.4. The Bertz CT molecular complexity index is 441. The molecule has 6 heteroatoms. The second-order valence-electron chi connectivity index (χ2n) is 6.55. The van der Waals surface area contributed by atoms with Crippen molar-refractivity contribution in [3.05, 3.63) is 18.3 Å². The molecule has 0 aliphatic carbocycles. The third-order valence-corrected chi connectivity index (χ3v) is 3.94. The Balaban J connectivity index is 1.97. The Kier molecular flexibility index (Phi) is 5.24. The van der Waals surface area contributed by atoms with Crippen molar-refractivity contribution in [2.24, 2.45) is 5.41 Å². The van der Waals surface area contributed by atoms with Crippen molar-refractivity contribution in [2.45, 2.75) is 33.8 Å². The van der Waals surface area contributed by atoms with Gasteiger partial charge in [0.15, 0.2) is 0 Å². The molecule has 1 N–H and O–H groups in total. The van der Waals surface area contributed by atoms with Crippen molar-refractivity contribution >= 4 is 18.4 Å². The normalized spacial score (nSPS) is 17.7. The summed E-state index contributed by atoms with van der Waals surface area (Å²) >= 11 is 0. The molecule has 2 heterocycles. The molecule has 1 aromatic rings. The van der Waals surface area contributed by atoms with Crippen LogP contribution in [0.5, 0.6) is 0 Å². The summed E-state index contributed by atoms with van der Waals surface area (Å²) in [6.07, 6.45) is 1.64. The lowest BCUT2D eigenvalue weighted by atomic mass is 9.79. The summed E-state index contributed by atoms with van der Waals surface area (Å²) in [6.45, 7) is 11.4. The molecule has 0 aromatic carbocycles. The Morgan fingerprint density at radius 2 is 2.00 bits per heavy atom. The molecule has 116 valence electrons. The van der Waals surface area contributed by atoms with E-state index in [0.717, 1.165) is 32.1 Å². The Morgan fingerprint density at radius 1 is 1.33 bits per heavy atom. The zero-order valence-corrected chi connectivity index (χ0v) is 13.4. The van der Waals surface area contributed by atoms with E-state index in [0.29, 0.717) is 5.46 Å². The summed E-state index contributed by atoms with van der Waals surface area (Å²) in [4.78, 5) is 6.60. The monoisotopic (exact) mass is 292 g/mol. The number of morpholine rings is 1. The first kappa shape index (κ1) is 16.3. The van der Waals surface area contributed by atoms with Gasteiger partial charge in [0.25, 0.3) is 0 Å². The van der Waals surface area contributed by atoms with Gasteiger partial charge in [0.1, 0.15) is 5.82 Å². The van der Waals surface area contributed by atoms with Crippen molar-refractivity contribution in [2.75, 3.05) is 31.2 Å². The summed E-state index contributed by atoms with van der Waals surface area (Å²) in [6, 6.07) is 3.80. The van der Waals surface area contributed by atoms with E-state index in [1.54, 1.807) is 6.20 Å². The predicted molar refractivity (Wildman–Crippen MR) is 84.9 cm³/mol. The minimum Gasteiger partial charge on any atom is -0.423 e. The second-order valence-corrected chi connectivity index (χ2v) is 6.55. The summed E-state index contributed by atoms with van der Waals surface area (Å²) in [7, 11) is -0.939. The summed E-state index contributed by atoms with van der Waals surface area (Å²) in [5, 5.41) is 10.2. The Morgan fingerprint density at radius 3 is 2.52 bits per heavy atom. The molecule has 0 amide bonds. The fourth-order valence-electron chi connectivity index (χ4n) is 2.00. The molecule has 1 aliphatic heterocycles. The largest absolute Gasteiger partial charge is 0.492 e. The smallest absolute Gasteiger partial charge is 0.423 e. The minimum absolute atomic E-state index is 0.0118. The van der Waals surface area contributed by atoms with E-state index in [-0.39, 0.29) is 11.5 Å². The van der Waals surface area contributed by atoms with E-state index in [4.69, 9.17) is 9.39 Å². The number of pyridine rings is 1. The average Bonchev–Trinajstić information content (AvgIpc) is 2.47. The van der Waals surface area contributed by atoms with E-state index in [2.05, 4.69) is 30.7 Å². The average molecular weight is 292 g/mol.